The molecule has 2 aromatic heterocycles. The average molecular weight is 423 g/mol. The number of aromatic nitrogens is 3. The second-order valence-electron chi connectivity index (χ2n) is 7.93. The molecule has 0 saturated carbocycles. The summed E-state index contributed by atoms with van der Waals surface area (Å²) in [6.07, 6.45) is 3.80. The first-order valence-corrected chi connectivity index (χ1v) is 10.8. The smallest absolute Gasteiger partial charge is 0.270 e. The lowest BCUT2D eigenvalue weighted by Crippen LogP contribution is -2.58. The molecular formula is C22H22N4O3S. The summed E-state index contributed by atoms with van der Waals surface area (Å²) in [5.41, 5.74) is 1.43. The van der Waals surface area contributed by atoms with Crippen LogP contribution < -0.4 is 19.6 Å². The minimum Gasteiger partial charge on any atom is -0.465 e. The van der Waals surface area contributed by atoms with Gasteiger partial charge in [-0.05, 0) is 39.8 Å². The zero-order chi connectivity index (χ0) is 21.2. The first-order chi connectivity index (χ1) is 14.3. The summed E-state index contributed by atoms with van der Waals surface area (Å²) < 4.78 is 10.3. The molecule has 0 saturated heterocycles. The van der Waals surface area contributed by atoms with Gasteiger partial charge in [0.15, 0.2) is 4.80 Å². The minimum atomic E-state index is -1.04. The topological polar surface area (TPSA) is 78.5 Å². The predicted molar refractivity (Wildman–Crippen MR) is 113 cm³/mol. The van der Waals surface area contributed by atoms with Crippen molar-refractivity contribution in [3.63, 3.8) is 0 Å². The molecule has 1 aromatic carbocycles. The number of nitrogens with zero attached hydrogens (tertiary/aromatic N) is 4. The molecule has 5 rings (SSSR count). The van der Waals surface area contributed by atoms with E-state index in [0.717, 1.165) is 23.4 Å². The zero-order valence-electron chi connectivity index (χ0n) is 17.2. The Labute approximate surface area is 177 Å². The van der Waals surface area contributed by atoms with Gasteiger partial charge in [-0.3, -0.25) is 18.8 Å². The number of carbonyl (C=O) groups is 1. The van der Waals surface area contributed by atoms with E-state index in [4.69, 9.17) is 9.73 Å². The summed E-state index contributed by atoms with van der Waals surface area (Å²) in [5.74, 6) is 0.0559. The van der Waals surface area contributed by atoms with E-state index in [0.29, 0.717) is 15.1 Å². The molecule has 4 heterocycles. The van der Waals surface area contributed by atoms with E-state index >= 15 is 0 Å². The van der Waals surface area contributed by atoms with Gasteiger partial charge >= 0.3 is 0 Å². The van der Waals surface area contributed by atoms with Crippen LogP contribution in [-0.2, 0) is 11.3 Å². The largest absolute Gasteiger partial charge is 0.465 e. The minimum absolute atomic E-state index is 0.0462. The number of carbonyl (C=O) groups excluding carboxylic acids is 1. The Kier molecular flexibility index (Phi) is 4.12. The fourth-order valence-corrected chi connectivity index (χ4v) is 5.62. The third-order valence-electron chi connectivity index (χ3n) is 5.91. The van der Waals surface area contributed by atoms with Crippen LogP contribution in [-0.4, -0.2) is 25.9 Å². The lowest BCUT2D eigenvalue weighted by Gasteiger charge is -2.45. The number of benzene rings is 1. The molecule has 0 N–H and O–H groups in total. The van der Waals surface area contributed by atoms with Gasteiger partial charge in [0.1, 0.15) is 17.5 Å². The van der Waals surface area contributed by atoms with Crippen LogP contribution in [0.3, 0.4) is 0 Å². The van der Waals surface area contributed by atoms with Crippen LogP contribution in [0, 0.1) is 12.8 Å². The summed E-state index contributed by atoms with van der Waals surface area (Å²) >= 11 is 1.33. The molecule has 0 radical (unpaired) electrons. The Morgan fingerprint density at radius 1 is 1.37 bits per heavy atom. The van der Waals surface area contributed by atoms with Crippen LogP contribution in [0.15, 0.2) is 40.2 Å². The summed E-state index contributed by atoms with van der Waals surface area (Å²) in [4.78, 5) is 31.5. The van der Waals surface area contributed by atoms with E-state index in [1.807, 2.05) is 62.0 Å². The molecule has 0 amide bonds. The molecule has 0 aliphatic carbocycles. The monoisotopic (exact) mass is 422 g/mol. The molecule has 30 heavy (non-hydrogen) atoms. The molecule has 154 valence electrons. The number of hydrogen-bond donors (Lipinski definition) is 0. The summed E-state index contributed by atoms with van der Waals surface area (Å²) in [5, 5.41) is 4.46. The van der Waals surface area contributed by atoms with Gasteiger partial charge in [0.05, 0.1) is 16.3 Å². The van der Waals surface area contributed by atoms with Crippen molar-refractivity contribution in [1.29, 1.82) is 0 Å². The fourth-order valence-electron chi connectivity index (χ4n) is 4.53. The second-order valence-corrected chi connectivity index (χ2v) is 8.94. The highest BCUT2D eigenvalue weighted by Crippen LogP contribution is 2.47. The van der Waals surface area contributed by atoms with Crippen molar-refractivity contribution in [2.75, 3.05) is 0 Å². The van der Waals surface area contributed by atoms with Crippen LogP contribution in [0.25, 0.3) is 6.08 Å². The second kappa shape index (κ2) is 6.50. The van der Waals surface area contributed by atoms with E-state index in [-0.39, 0.29) is 11.3 Å². The summed E-state index contributed by atoms with van der Waals surface area (Å²) in [7, 11) is 0. The summed E-state index contributed by atoms with van der Waals surface area (Å²) in [6.45, 7) is 8.08. The Morgan fingerprint density at radius 2 is 2.13 bits per heavy atom. The summed E-state index contributed by atoms with van der Waals surface area (Å²) in [6, 6.07) is 7.14. The number of aryl methyl sites for hydroxylation is 2. The van der Waals surface area contributed by atoms with Crippen molar-refractivity contribution in [2.24, 2.45) is 10.9 Å². The number of Topliss-reactive ketones (excluding diaryl/α,β-unsaturated/α-hetero) is 1. The van der Waals surface area contributed by atoms with Gasteiger partial charge in [-0.25, -0.2) is 4.99 Å². The Morgan fingerprint density at radius 3 is 2.83 bits per heavy atom. The quantitative estimate of drug-likeness (QED) is 0.645. The van der Waals surface area contributed by atoms with Gasteiger partial charge in [-0.1, -0.05) is 29.5 Å². The Bertz CT molecular complexity index is 1370. The molecule has 3 aromatic rings. The van der Waals surface area contributed by atoms with E-state index in [1.165, 1.54) is 11.3 Å². The average Bonchev–Trinajstić information content (AvgIpc) is 3.19. The lowest BCUT2D eigenvalue weighted by molar-refractivity contribution is -0.132. The van der Waals surface area contributed by atoms with Crippen LogP contribution in [0.2, 0.25) is 0 Å². The van der Waals surface area contributed by atoms with Gasteiger partial charge in [0, 0.05) is 23.9 Å². The number of thiazole rings is 1. The first-order valence-electron chi connectivity index (χ1n) is 9.98. The molecule has 0 fully saturated rings. The van der Waals surface area contributed by atoms with Crippen LogP contribution >= 0.6 is 11.3 Å². The van der Waals surface area contributed by atoms with Crippen LogP contribution in [0.1, 0.15) is 43.6 Å². The molecule has 2 aliphatic rings. The van der Waals surface area contributed by atoms with E-state index in [1.54, 1.807) is 11.5 Å². The van der Waals surface area contributed by atoms with Gasteiger partial charge in [0.2, 0.25) is 5.72 Å². The number of hydrogen-bond acceptors (Lipinski definition) is 6. The Balaban J connectivity index is 1.79. The maximum atomic E-state index is 13.5. The molecule has 2 aliphatic heterocycles. The molecule has 3 atom stereocenters. The highest BCUT2D eigenvalue weighted by molar-refractivity contribution is 7.07. The van der Waals surface area contributed by atoms with Crippen molar-refractivity contribution in [3.8, 4) is 5.75 Å². The third kappa shape index (κ3) is 2.63. The molecule has 8 heteroatoms. The molecular weight excluding hydrogens is 400 g/mol. The third-order valence-corrected chi connectivity index (χ3v) is 6.90. The van der Waals surface area contributed by atoms with E-state index < -0.39 is 17.7 Å². The predicted octanol–water partition coefficient (Wildman–Crippen LogP) is 1.80. The SMILES string of the molecule is CCn1cc(/C=c2/sc3n(c2=O)[C@H]2c4ccccc4O[C@](C)(N=3)[C@@H]2C(C)=O)c(C)n1. The highest BCUT2D eigenvalue weighted by atomic mass is 32.1. The first kappa shape index (κ1) is 19.0. The maximum Gasteiger partial charge on any atom is 0.270 e. The Hall–Kier alpha value is -3.00. The van der Waals surface area contributed by atoms with E-state index in [2.05, 4.69) is 5.10 Å². The number of ketones is 1. The lowest BCUT2D eigenvalue weighted by atomic mass is 9.79. The number of fused-ring (bicyclic) bond motifs is 6. The number of rotatable bonds is 3. The molecule has 0 unspecified atom stereocenters. The normalized spacial score (nSPS) is 24.6. The van der Waals surface area contributed by atoms with E-state index in [9.17, 15) is 9.59 Å². The standard InChI is InChI=1S/C22H22N4O3S/c1-5-25-11-14(12(2)24-25)10-17-20(28)26-19-15-8-6-7-9-16(15)29-22(4,18(19)13(3)27)23-21(26)30-17/h6-11,18-19H,5H2,1-4H3/b17-10+/t18-,19+,22+/m1/s1. The molecule has 2 bridgehead atoms. The molecule has 0 spiro atoms. The van der Waals surface area contributed by atoms with Crippen molar-refractivity contribution >= 4 is 23.2 Å². The van der Waals surface area contributed by atoms with Gasteiger partial charge in [0.25, 0.3) is 5.56 Å². The van der Waals surface area contributed by atoms with Crippen molar-refractivity contribution in [1.82, 2.24) is 14.3 Å². The molecule has 7 nitrogen and oxygen atoms in total. The van der Waals surface area contributed by atoms with Crippen molar-refractivity contribution in [2.45, 2.75) is 46.0 Å². The van der Waals surface area contributed by atoms with Gasteiger partial charge < -0.3 is 4.74 Å². The maximum absolute atomic E-state index is 13.5. The highest BCUT2D eigenvalue weighted by Gasteiger charge is 2.53. The van der Waals surface area contributed by atoms with Crippen LogP contribution in [0.5, 0.6) is 5.75 Å². The zero-order valence-corrected chi connectivity index (χ0v) is 18.1. The van der Waals surface area contributed by atoms with Gasteiger partial charge in [-0.15, -0.1) is 0 Å². The van der Waals surface area contributed by atoms with Crippen LogP contribution in [0.4, 0.5) is 0 Å². The van der Waals surface area contributed by atoms with Gasteiger partial charge in [-0.2, -0.15) is 5.10 Å². The van der Waals surface area contributed by atoms with Crippen molar-refractivity contribution in [3.05, 3.63) is 67.0 Å². The number of para-hydroxylation sites is 1. The number of ether oxygens (including phenoxy) is 1. The van der Waals surface area contributed by atoms with Crippen molar-refractivity contribution < 1.29 is 9.53 Å². The fraction of sp³-hybridized carbons (Fsp3) is 0.364.